The topological polar surface area (TPSA) is 82.1 Å². The zero-order valence-electron chi connectivity index (χ0n) is 14.0. The fraction of sp³-hybridized carbons (Fsp3) is 0.500. The molecule has 0 bridgehead atoms. The van der Waals surface area contributed by atoms with E-state index in [1.165, 1.54) is 25.7 Å². The summed E-state index contributed by atoms with van der Waals surface area (Å²) < 4.78 is 0. The number of benzene rings is 1. The predicted molar refractivity (Wildman–Crippen MR) is 90.8 cm³/mol. The first-order valence-electron chi connectivity index (χ1n) is 8.43. The first kappa shape index (κ1) is 16.6. The summed E-state index contributed by atoms with van der Waals surface area (Å²) in [7, 11) is 0. The van der Waals surface area contributed by atoms with E-state index in [0.717, 1.165) is 31.3 Å². The third kappa shape index (κ3) is 3.33. The van der Waals surface area contributed by atoms with Gasteiger partial charge in [0.15, 0.2) is 5.82 Å². The van der Waals surface area contributed by atoms with Crippen LogP contribution in [-0.4, -0.2) is 44.7 Å². The van der Waals surface area contributed by atoms with Crippen molar-refractivity contribution in [3.8, 4) is 0 Å². The van der Waals surface area contributed by atoms with E-state index < -0.39 is 0 Å². The molecule has 2 heterocycles. The van der Waals surface area contributed by atoms with Crippen LogP contribution in [0.1, 0.15) is 42.0 Å². The van der Waals surface area contributed by atoms with Crippen LogP contribution in [0.2, 0.25) is 0 Å². The van der Waals surface area contributed by atoms with E-state index in [0.29, 0.717) is 5.41 Å². The van der Waals surface area contributed by atoms with Crippen molar-refractivity contribution in [1.29, 1.82) is 0 Å². The molecule has 1 aliphatic carbocycles. The van der Waals surface area contributed by atoms with Crippen LogP contribution in [0.4, 0.5) is 0 Å². The van der Waals surface area contributed by atoms with E-state index in [-0.39, 0.29) is 6.47 Å². The molecular formula is C18H24N4O2. The van der Waals surface area contributed by atoms with Gasteiger partial charge in [0.05, 0.1) is 6.54 Å². The van der Waals surface area contributed by atoms with Crippen LogP contribution >= 0.6 is 0 Å². The molecule has 2 aromatic rings. The molecule has 0 unspecified atom stereocenters. The molecule has 1 aliphatic heterocycles. The highest BCUT2D eigenvalue weighted by molar-refractivity contribution is 5.39. The number of nitrogens with zero attached hydrogens (tertiary/aromatic N) is 3. The maximum absolute atomic E-state index is 8.36. The lowest BCUT2D eigenvalue weighted by atomic mass is 9.74. The molecule has 1 aromatic heterocycles. The van der Waals surface area contributed by atoms with Crippen molar-refractivity contribution < 1.29 is 9.90 Å². The number of rotatable bonds is 2. The van der Waals surface area contributed by atoms with Gasteiger partial charge in [-0.2, -0.15) is 5.10 Å². The summed E-state index contributed by atoms with van der Waals surface area (Å²) >= 11 is 0. The number of nitrogens with one attached hydrogen (secondary N) is 1. The second-order valence-electron chi connectivity index (χ2n) is 6.66. The zero-order chi connectivity index (χ0) is 17.0. The highest BCUT2D eigenvalue weighted by atomic mass is 16.3. The summed E-state index contributed by atoms with van der Waals surface area (Å²) in [4.78, 5) is 15.3. The fourth-order valence-corrected chi connectivity index (χ4v) is 4.08. The van der Waals surface area contributed by atoms with E-state index in [2.05, 4.69) is 44.3 Å². The number of likely N-dealkylation sites (tertiary alicyclic amines) is 1. The van der Waals surface area contributed by atoms with E-state index in [9.17, 15) is 0 Å². The predicted octanol–water partition coefficient (Wildman–Crippen LogP) is 2.29. The molecule has 1 spiro atoms. The van der Waals surface area contributed by atoms with Gasteiger partial charge in [-0.15, -0.1) is 0 Å². The number of fused-ring (bicyclic) bond motifs is 2. The van der Waals surface area contributed by atoms with Gasteiger partial charge in [-0.3, -0.25) is 14.8 Å². The Bertz CT molecular complexity index is 690. The van der Waals surface area contributed by atoms with Crippen molar-refractivity contribution >= 4 is 6.47 Å². The smallest absolute Gasteiger partial charge is 0.290 e. The first-order valence-corrected chi connectivity index (χ1v) is 8.43. The molecule has 0 amide bonds. The van der Waals surface area contributed by atoms with Gasteiger partial charge < -0.3 is 5.11 Å². The molecule has 1 saturated heterocycles. The largest absolute Gasteiger partial charge is 0.483 e. The Morgan fingerprint density at radius 1 is 1.29 bits per heavy atom. The number of carbonyl (C=O) groups is 1. The lowest BCUT2D eigenvalue weighted by molar-refractivity contribution is -0.122. The quantitative estimate of drug-likeness (QED) is 0.827. The van der Waals surface area contributed by atoms with Gasteiger partial charge in [-0.25, -0.2) is 4.98 Å². The normalized spacial score (nSPS) is 18.7. The summed E-state index contributed by atoms with van der Waals surface area (Å²) in [5.41, 5.74) is 3.65. The summed E-state index contributed by atoms with van der Waals surface area (Å²) in [5, 5.41) is 14.1. The molecule has 6 nitrogen and oxygen atoms in total. The van der Waals surface area contributed by atoms with Crippen molar-refractivity contribution in [1.82, 2.24) is 20.1 Å². The lowest BCUT2D eigenvalue weighted by Crippen LogP contribution is -2.41. The number of H-pyrrole nitrogens is 1. The molecule has 1 fully saturated rings. The average molecular weight is 328 g/mol. The van der Waals surface area contributed by atoms with E-state index in [1.807, 2.05) is 6.92 Å². The second-order valence-corrected chi connectivity index (χ2v) is 6.66. The Morgan fingerprint density at radius 3 is 2.67 bits per heavy atom. The molecule has 2 aliphatic rings. The second kappa shape index (κ2) is 7.13. The molecule has 4 rings (SSSR count). The standard InChI is InChI=1S/C17H22N4.CH2O2/c1-13-18-16(20-19-13)12-21-10-8-17(9-11-21)7-6-14-4-2-3-5-15(14)17;2-1-3/h2-5H,6-12H2,1H3,(H,18,19,20);1H,(H,2,3). The van der Waals surface area contributed by atoms with E-state index in [1.54, 1.807) is 11.1 Å². The number of aromatic nitrogens is 3. The van der Waals surface area contributed by atoms with Gasteiger partial charge in [0, 0.05) is 0 Å². The summed E-state index contributed by atoms with van der Waals surface area (Å²) in [5.74, 6) is 1.83. The van der Waals surface area contributed by atoms with Gasteiger partial charge in [-0.1, -0.05) is 24.3 Å². The Morgan fingerprint density at radius 2 is 2.00 bits per heavy atom. The number of hydrogen-bond acceptors (Lipinski definition) is 4. The van der Waals surface area contributed by atoms with Crippen LogP contribution in [0.15, 0.2) is 24.3 Å². The minimum Gasteiger partial charge on any atom is -0.483 e. The molecule has 0 atom stereocenters. The van der Waals surface area contributed by atoms with Gasteiger partial charge >= 0.3 is 0 Å². The maximum Gasteiger partial charge on any atom is 0.290 e. The number of carboxylic acid groups (broad SMARTS) is 1. The maximum atomic E-state index is 8.36. The molecule has 1 aromatic carbocycles. The minimum absolute atomic E-state index is 0.250. The van der Waals surface area contributed by atoms with Crippen LogP contribution in [0, 0.1) is 6.92 Å². The fourth-order valence-electron chi connectivity index (χ4n) is 4.08. The third-order valence-corrected chi connectivity index (χ3v) is 5.28. The van der Waals surface area contributed by atoms with E-state index >= 15 is 0 Å². The minimum atomic E-state index is -0.250. The molecular weight excluding hydrogens is 304 g/mol. The highest BCUT2D eigenvalue weighted by Crippen LogP contribution is 2.46. The number of hydrogen-bond donors (Lipinski definition) is 2. The van der Waals surface area contributed by atoms with Crippen molar-refractivity contribution in [3.63, 3.8) is 0 Å². The van der Waals surface area contributed by atoms with Crippen LogP contribution in [0.5, 0.6) is 0 Å². The zero-order valence-corrected chi connectivity index (χ0v) is 14.0. The monoisotopic (exact) mass is 328 g/mol. The van der Waals surface area contributed by atoms with Gasteiger partial charge in [0.1, 0.15) is 5.82 Å². The Labute approximate surface area is 141 Å². The molecule has 24 heavy (non-hydrogen) atoms. The molecule has 2 N–H and O–H groups in total. The molecule has 128 valence electrons. The van der Waals surface area contributed by atoms with Crippen LogP contribution < -0.4 is 0 Å². The number of aromatic amines is 1. The van der Waals surface area contributed by atoms with Crippen LogP contribution in [0.3, 0.4) is 0 Å². The van der Waals surface area contributed by atoms with Crippen molar-refractivity contribution in [2.45, 2.75) is 44.6 Å². The third-order valence-electron chi connectivity index (χ3n) is 5.28. The van der Waals surface area contributed by atoms with Crippen molar-refractivity contribution in [2.75, 3.05) is 13.1 Å². The van der Waals surface area contributed by atoms with Gasteiger partial charge in [-0.05, 0) is 62.2 Å². The summed E-state index contributed by atoms with van der Waals surface area (Å²) in [6.45, 7) is 4.89. The average Bonchev–Trinajstić information content (AvgIpc) is 3.16. The number of aryl methyl sites for hydroxylation is 2. The van der Waals surface area contributed by atoms with Crippen molar-refractivity contribution in [2.24, 2.45) is 0 Å². The van der Waals surface area contributed by atoms with E-state index in [4.69, 9.17) is 9.90 Å². The van der Waals surface area contributed by atoms with Gasteiger partial charge in [0.2, 0.25) is 0 Å². The highest BCUT2D eigenvalue weighted by Gasteiger charge is 2.40. The van der Waals surface area contributed by atoms with Crippen LogP contribution in [-0.2, 0) is 23.2 Å². The first-order chi connectivity index (χ1) is 11.7. The van der Waals surface area contributed by atoms with Crippen LogP contribution in [0.25, 0.3) is 0 Å². The summed E-state index contributed by atoms with van der Waals surface area (Å²) in [6, 6.07) is 9.05. The lowest BCUT2D eigenvalue weighted by Gasteiger charge is -2.39. The molecule has 0 radical (unpaired) electrons. The molecule has 6 heteroatoms. The number of piperidine rings is 1. The Kier molecular flexibility index (Phi) is 4.94. The summed E-state index contributed by atoms with van der Waals surface area (Å²) in [6.07, 6.45) is 5.14. The molecule has 0 saturated carbocycles. The van der Waals surface area contributed by atoms with Gasteiger partial charge in [0.25, 0.3) is 6.47 Å². The SMILES string of the molecule is Cc1nc(CN2CCC3(CCc4ccccc43)CC2)n[nH]1.O=CO. The van der Waals surface area contributed by atoms with Crippen molar-refractivity contribution in [3.05, 3.63) is 47.0 Å². The Hall–Kier alpha value is -2.21. The Balaban J connectivity index is 0.000000526.